The van der Waals surface area contributed by atoms with Crippen LogP contribution in [-0.4, -0.2) is 30.3 Å². The molecule has 0 unspecified atom stereocenters. The van der Waals surface area contributed by atoms with Crippen LogP contribution in [0.1, 0.15) is 79.1 Å². The van der Waals surface area contributed by atoms with E-state index in [0.29, 0.717) is 23.3 Å². The molecule has 31 heavy (non-hydrogen) atoms. The lowest BCUT2D eigenvalue weighted by Gasteiger charge is -2.59. The normalized spacial score (nSPS) is 38.2. The summed E-state index contributed by atoms with van der Waals surface area (Å²) in [4.78, 5) is 13.1. The Morgan fingerprint density at radius 3 is 2.74 bits per heavy atom. The smallest absolute Gasteiger partial charge is 0.183 e. The maximum absolute atomic E-state index is 11.4. The average Bonchev–Trinajstić information content (AvgIpc) is 3.14. The van der Waals surface area contributed by atoms with Gasteiger partial charge in [-0.25, -0.2) is 20.0 Å². The van der Waals surface area contributed by atoms with E-state index in [1.807, 2.05) is 6.33 Å². The van der Waals surface area contributed by atoms with E-state index in [-0.39, 0.29) is 16.4 Å². The number of allylic oxidation sites excluding steroid dienone is 1. The molecular formula is C25H37N5O. The van der Waals surface area contributed by atoms with Gasteiger partial charge in [0.05, 0.1) is 11.9 Å². The van der Waals surface area contributed by atoms with Gasteiger partial charge in [0, 0.05) is 6.54 Å². The molecule has 2 saturated carbocycles. The van der Waals surface area contributed by atoms with Crippen molar-refractivity contribution >= 4 is 17.0 Å². The topological polar surface area (TPSA) is 67.1 Å². The van der Waals surface area contributed by atoms with E-state index in [0.717, 1.165) is 31.3 Å². The van der Waals surface area contributed by atoms with Crippen molar-refractivity contribution in [3.8, 4) is 0 Å². The van der Waals surface area contributed by atoms with Gasteiger partial charge in [-0.1, -0.05) is 32.9 Å². The fourth-order valence-electron chi connectivity index (χ4n) is 7.10. The minimum absolute atomic E-state index is 0.254. The molecule has 168 valence electrons. The standard InChI is InChI=1S/C25H37N5O/c1-17-7-6-8-19-24(17,4)10-9-18(2)25(19,5)12-11-23(3)13-14-29-16-28-21-20(29)22(30(23)31)27-15-26-21/h15-16,18-19,31H,1,6-14H2,2-5H3/t18-,19+,23-,24+,25+/m0/s1. The van der Waals surface area contributed by atoms with E-state index >= 15 is 0 Å². The predicted octanol–water partition coefficient (Wildman–Crippen LogP) is 5.76. The second-order valence-corrected chi connectivity index (χ2v) is 11.3. The predicted molar refractivity (Wildman–Crippen MR) is 123 cm³/mol. The van der Waals surface area contributed by atoms with Crippen LogP contribution in [0.2, 0.25) is 0 Å². The molecule has 3 heterocycles. The number of nitrogens with zero attached hydrogens (tertiary/aromatic N) is 5. The molecule has 2 aromatic rings. The van der Waals surface area contributed by atoms with Crippen molar-refractivity contribution in [2.24, 2.45) is 22.7 Å². The SMILES string of the molecule is C=C1CCC[C@H]2[C@](C)(CC[C@@]3(C)CCn4cnc5ncnc(c54)N3O)[C@@H](C)CC[C@]12C. The second-order valence-electron chi connectivity index (χ2n) is 11.3. The van der Waals surface area contributed by atoms with Crippen molar-refractivity contribution in [3.05, 3.63) is 24.8 Å². The highest BCUT2D eigenvalue weighted by Gasteiger charge is 2.54. The summed E-state index contributed by atoms with van der Waals surface area (Å²) in [7, 11) is 0. The largest absolute Gasteiger partial charge is 0.326 e. The Hall–Kier alpha value is -1.95. The highest BCUT2D eigenvalue weighted by Crippen LogP contribution is 2.63. The van der Waals surface area contributed by atoms with Crippen molar-refractivity contribution < 1.29 is 5.21 Å². The Morgan fingerprint density at radius 1 is 1.13 bits per heavy atom. The first kappa shape index (κ1) is 20.9. The summed E-state index contributed by atoms with van der Waals surface area (Å²) in [6.07, 6.45) is 12.5. The van der Waals surface area contributed by atoms with Gasteiger partial charge in [-0.3, -0.25) is 5.21 Å². The van der Waals surface area contributed by atoms with Crippen LogP contribution in [0.25, 0.3) is 11.2 Å². The van der Waals surface area contributed by atoms with Gasteiger partial charge in [0.15, 0.2) is 11.5 Å². The molecule has 0 amide bonds. The second kappa shape index (κ2) is 7.03. The number of hydrogen-bond donors (Lipinski definition) is 1. The molecule has 6 nitrogen and oxygen atoms in total. The maximum Gasteiger partial charge on any atom is 0.183 e. The molecular weight excluding hydrogens is 386 g/mol. The number of fused-ring (bicyclic) bond motifs is 1. The Balaban J connectivity index is 1.44. The van der Waals surface area contributed by atoms with Gasteiger partial charge in [-0.15, -0.1) is 0 Å². The number of hydroxylamine groups is 1. The summed E-state index contributed by atoms with van der Waals surface area (Å²) in [5.74, 6) is 1.94. The van der Waals surface area contributed by atoms with Crippen LogP contribution in [0.4, 0.5) is 5.82 Å². The monoisotopic (exact) mass is 423 g/mol. The third kappa shape index (κ3) is 2.97. The number of aryl methyl sites for hydroxylation is 1. The van der Waals surface area contributed by atoms with E-state index in [4.69, 9.17) is 0 Å². The first-order chi connectivity index (χ1) is 14.7. The first-order valence-corrected chi connectivity index (χ1v) is 12.0. The first-order valence-electron chi connectivity index (χ1n) is 12.0. The fourth-order valence-corrected chi connectivity index (χ4v) is 7.10. The van der Waals surface area contributed by atoms with Crippen molar-refractivity contribution in [2.45, 2.75) is 91.1 Å². The Labute approximate surface area is 185 Å². The fraction of sp³-hybridized carbons (Fsp3) is 0.720. The molecule has 0 saturated heterocycles. The Bertz CT molecular complexity index is 1020. The molecule has 5 atom stereocenters. The van der Waals surface area contributed by atoms with Crippen LogP contribution >= 0.6 is 0 Å². The average molecular weight is 424 g/mol. The number of anilines is 1. The molecule has 1 N–H and O–H groups in total. The highest BCUT2D eigenvalue weighted by molar-refractivity contribution is 5.83. The number of rotatable bonds is 3. The third-order valence-corrected chi connectivity index (χ3v) is 9.76. The van der Waals surface area contributed by atoms with Crippen LogP contribution in [0, 0.1) is 22.7 Å². The van der Waals surface area contributed by atoms with Gasteiger partial charge in [0.25, 0.3) is 0 Å². The van der Waals surface area contributed by atoms with Crippen LogP contribution in [0.15, 0.2) is 24.8 Å². The van der Waals surface area contributed by atoms with Gasteiger partial charge in [-0.2, -0.15) is 0 Å². The molecule has 0 aromatic carbocycles. The van der Waals surface area contributed by atoms with Crippen LogP contribution in [0.5, 0.6) is 0 Å². The van der Waals surface area contributed by atoms with E-state index in [9.17, 15) is 5.21 Å². The number of imidazole rings is 1. The van der Waals surface area contributed by atoms with E-state index in [1.54, 1.807) is 0 Å². The molecule has 1 aliphatic heterocycles. The zero-order valence-corrected chi connectivity index (χ0v) is 19.6. The van der Waals surface area contributed by atoms with E-state index in [1.165, 1.54) is 49.1 Å². The molecule has 2 fully saturated rings. The molecule has 6 heteroatoms. The molecule has 2 aliphatic carbocycles. The van der Waals surface area contributed by atoms with Gasteiger partial charge in [0.1, 0.15) is 11.8 Å². The van der Waals surface area contributed by atoms with Gasteiger partial charge >= 0.3 is 0 Å². The molecule has 0 radical (unpaired) electrons. The lowest BCUT2D eigenvalue weighted by molar-refractivity contribution is -0.0605. The lowest BCUT2D eigenvalue weighted by Crippen LogP contribution is -2.52. The number of hydrogen-bond acceptors (Lipinski definition) is 5. The van der Waals surface area contributed by atoms with E-state index < -0.39 is 0 Å². The van der Waals surface area contributed by atoms with Crippen molar-refractivity contribution in [1.29, 1.82) is 0 Å². The van der Waals surface area contributed by atoms with E-state index in [2.05, 4.69) is 53.8 Å². The Morgan fingerprint density at radius 2 is 1.94 bits per heavy atom. The van der Waals surface area contributed by atoms with Gasteiger partial charge < -0.3 is 4.57 Å². The highest BCUT2D eigenvalue weighted by atomic mass is 16.5. The summed E-state index contributed by atoms with van der Waals surface area (Å²) in [5, 5.41) is 12.8. The summed E-state index contributed by atoms with van der Waals surface area (Å²) < 4.78 is 2.09. The molecule has 2 aromatic heterocycles. The summed E-state index contributed by atoms with van der Waals surface area (Å²) in [6, 6.07) is 0. The zero-order valence-electron chi connectivity index (χ0n) is 19.6. The van der Waals surface area contributed by atoms with Crippen LogP contribution < -0.4 is 5.06 Å². The maximum atomic E-state index is 11.4. The minimum atomic E-state index is -0.372. The van der Waals surface area contributed by atoms with Gasteiger partial charge in [-0.05, 0) is 81.0 Å². The molecule has 5 rings (SSSR count). The van der Waals surface area contributed by atoms with Crippen LogP contribution in [0.3, 0.4) is 0 Å². The van der Waals surface area contributed by atoms with Gasteiger partial charge in [0.2, 0.25) is 0 Å². The Kier molecular flexibility index (Phi) is 4.74. The summed E-state index contributed by atoms with van der Waals surface area (Å²) in [5.41, 5.74) is 3.11. The minimum Gasteiger partial charge on any atom is -0.326 e. The summed E-state index contributed by atoms with van der Waals surface area (Å²) in [6.45, 7) is 15.0. The van der Waals surface area contributed by atoms with Crippen LogP contribution in [-0.2, 0) is 6.54 Å². The lowest BCUT2D eigenvalue weighted by atomic mass is 9.46. The van der Waals surface area contributed by atoms with Crippen molar-refractivity contribution in [2.75, 3.05) is 5.06 Å². The zero-order chi connectivity index (χ0) is 22.0. The molecule has 3 aliphatic rings. The van der Waals surface area contributed by atoms with Crippen molar-refractivity contribution in [1.82, 2.24) is 19.5 Å². The summed E-state index contributed by atoms with van der Waals surface area (Å²) >= 11 is 0. The molecule has 0 bridgehead atoms. The third-order valence-electron chi connectivity index (χ3n) is 9.76. The van der Waals surface area contributed by atoms with Crippen molar-refractivity contribution in [3.63, 3.8) is 0 Å². The quantitative estimate of drug-likeness (QED) is 0.635. The number of aromatic nitrogens is 4. The molecule has 0 spiro atoms.